The Hall–Kier alpha value is -1.20. The molecule has 0 bridgehead atoms. The van der Waals surface area contributed by atoms with Crippen molar-refractivity contribution in [3.8, 4) is 0 Å². The molecule has 1 aromatic heterocycles. The highest BCUT2D eigenvalue weighted by Crippen LogP contribution is 2.24. The van der Waals surface area contributed by atoms with E-state index in [9.17, 15) is 9.90 Å². The van der Waals surface area contributed by atoms with Gasteiger partial charge in [0.25, 0.3) is 5.56 Å². The Labute approximate surface area is 119 Å². The minimum Gasteiger partial charge on any atom is -0.393 e. The Kier molecular flexibility index (Phi) is 4.94. The van der Waals surface area contributed by atoms with Crippen LogP contribution in [0.2, 0.25) is 0 Å². The molecule has 3 N–H and O–H groups in total. The highest BCUT2D eigenvalue weighted by Gasteiger charge is 2.21. The van der Waals surface area contributed by atoms with Gasteiger partial charge in [-0.05, 0) is 52.5 Å². The van der Waals surface area contributed by atoms with Gasteiger partial charge in [0.1, 0.15) is 5.82 Å². The van der Waals surface area contributed by atoms with Crippen LogP contribution in [0.3, 0.4) is 0 Å². The minimum atomic E-state index is -0.156. The van der Waals surface area contributed by atoms with Gasteiger partial charge in [-0.3, -0.25) is 4.79 Å². The van der Waals surface area contributed by atoms with Gasteiger partial charge in [0.15, 0.2) is 0 Å². The normalized spacial score (nSPS) is 24.6. The fourth-order valence-corrected chi connectivity index (χ4v) is 3.14. The van der Waals surface area contributed by atoms with Crippen LogP contribution >= 0.6 is 0 Å². The Morgan fingerprint density at radius 1 is 1.45 bits per heavy atom. The number of aliphatic hydroxyl groups excluding tert-OH is 1. The minimum absolute atomic E-state index is 0.0223. The van der Waals surface area contributed by atoms with Crippen LogP contribution in [0.25, 0.3) is 0 Å². The standard InChI is InChI=1S/C15H25N3O2/c1-9(14-10(2)17-11(3)18-15(14)20)16-8-12-5-4-6-13(19)7-12/h9,12-13,16,19H,4-8H2,1-3H3,(H,17,18,20). The zero-order chi connectivity index (χ0) is 14.7. The highest BCUT2D eigenvalue weighted by atomic mass is 16.3. The van der Waals surface area contributed by atoms with E-state index in [-0.39, 0.29) is 17.7 Å². The zero-order valence-corrected chi connectivity index (χ0v) is 12.6. The molecule has 1 aliphatic rings. The number of nitrogens with zero attached hydrogens (tertiary/aromatic N) is 1. The van der Waals surface area contributed by atoms with Crippen LogP contribution in [0, 0.1) is 19.8 Å². The molecule has 2 rings (SSSR count). The number of aromatic amines is 1. The van der Waals surface area contributed by atoms with Crippen LogP contribution in [0.1, 0.15) is 55.7 Å². The molecule has 0 radical (unpaired) electrons. The van der Waals surface area contributed by atoms with E-state index in [0.29, 0.717) is 17.3 Å². The Balaban J connectivity index is 1.98. The van der Waals surface area contributed by atoms with E-state index in [2.05, 4.69) is 15.3 Å². The molecule has 20 heavy (non-hydrogen) atoms. The average Bonchev–Trinajstić information content (AvgIpc) is 2.35. The predicted molar refractivity (Wildman–Crippen MR) is 78.7 cm³/mol. The van der Waals surface area contributed by atoms with Crippen LogP contribution in [0.15, 0.2) is 4.79 Å². The number of hydrogen-bond acceptors (Lipinski definition) is 4. The number of rotatable bonds is 4. The molecular formula is C15H25N3O2. The first-order valence-electron chi connectivity index (χ1n) is 7.46. The summed E-state index contributed by atoms with van der Waals surface area (Å²) in [6, 6.07) is -0.0223. The van der Waals surface area contributed by atoms with Crippen molar-refractivity contribution in [1.82, 2.24) is 15.3 Å². The molecule has 0 saturated heterocycles. The van der Waals surface area contributed by atoms with Crippen molar-refractivity contribution in [3.05, 3.63) is 27.4 Å². The van der Waals surface area contributed by atoms with E-state index < -0.39 is 0 Å². The lowest BCUT2D eigenvalue weighted by atomic mass is 9.87. The lowest BCUT2D eigenvalue weighted by Gasteiger charge is -2.27. The summed E-state index contributed by atoms with van der Waals surface area (Å²) in [5.41, 5.74) is 1.44. The average molecular weight is 279 g/mol. The number of H-pyrrole nitrogens is 1. The summed E-state index contributed by atoms with van der Waals surface area (Å²) in [5.74, 6) is 1.15. The van der Waals surface area contributed by atoms with Crippen LogP contribution in [-0.4, -0.2) is 27.7 Å². The molecule has 1 heterocycles. The van der Waals surface area contributed by atoms with Crippen molar-refractivity contribution in [3.63, 3.8) is 0 Å². The predicted octanol–water partition coefficient (Wildman–Crippen LogP) is 1.59. The van der Waals surface area contributed by atoms with Gasteiger partial charge in [-0.2, -0.15) is 0 Å². The lowest BCUT2D eigenvalue weighted by molar-refractivity contribution is 0.0998. The van der Waals surface area contributed by atoms with E-state index in [4.69, 9.17) is 0 Å². The molecule has 3 unspecified atom stereocenters. The van der Waals surface area contributed by atoms with Gasteiger partial charge in [-0.15, -0.1) is 0 Å². The summed E-state index contributed by atoms with van der Waals surface area (Å²) in [6.45, 7) is 6.50. The smallest absolute Gasteiger partial charge is 0.255 e. The highest BCUT2D eigenvalue weighted by molar-refractivity contribution is 5.19. The fraction of sp³-hybridized carbons (Fsp3) is 0.733. The van der Waals surface area contributed by atoms with Crippen LogP contribution in [-0.2, 0) is 0 Å². The van der Waals surface area contributed by atoms with Crippen LogP contribution in [0.5, 0.6) is 0 Å². The number of aryl methyl sites for hydroxylation is 2. The lowest BCUT2D eigenvalue weighted by Crippen LogP contribution is -2.33. The third-order valence-corrected chi connectivity index (χ3v) is 4.17. The summed E-state index contributed by atoms with van der Waals surface area (Å²) < 4.78 is 0. The number of nitrogens with one attached hydrogen (secondary N) is 2. The first kappa shape index (κ1) is 15.2. The van der Waals surface area contributed by atoms with E-state index in [1.165, 1.54) is 0 Å². The first-order chi connectivity index (χ1) is 9.47. The Morgan fingerprint density at radius 3 is 2.85 bits per heavy atom. The third-order valence-electron chi connectivity index (χ3n) is 4.17. The molecule has 5 nitrogen and oxygen atoms in total. The van der Waals surface area contributed by atoms with Gasteiger partial charge in [0, 0.05) is 11.7 Å². The molecule has 1 saturated carbocycles. The molecule has 0 aromatic carbocycles. The topological polar surface area (TPSA) is 78.0 Å². The quantitative estimate of drug-likeness (QED) is 0.782. The molecule has 0 spiro atoms. The second kappa shape index (κ2) is 6.50. The molecule has 5 heteroatoms. The second-order valence-electron chi connectivity index (χ2n) is 5.97. The summed E-state index contributed by atoms with van der Waals surface area (Å²) in [4.78, 5) is 19.1. The number of hydrogen-bond donors (Lipinski definition) is 3. The summed E-state index contributed by atoms with van der Waals surface area (Å²) in [5, 5.41) is 13.1. The summed E-state index contributed by atoms with van der Waals surface area (Å²) in [7, 11) is 0. The van der Waals surface area contributed by atoms with Gasteiger partial charge >= 0.3 is 0 Å². The number of aliphatic hydroxyl groups is 1. The summed E-state index contributed by atoms with van der Waals surface area (Å²) in [6.07, 6.45) is 3.87. The van der Waals surface area contributed by atoms with E-state index >= 15 is 0 Å². The maximum Gasteiger partial charge on any atom is 0.255 e. The van der Waals surface area contributed by atoms with E-state index in [1.54, 1.807) is 6.92 Å². The van der Waals surface area contributed by atoms with Gasteiger partial charge in [-0.25, -0.2) is 4.98 Å². The molecule has 0 amide bonds. The largest absolute Gasteiger partial charge is 0.393 e. The van der Waals surface area contributed by atoms with Crippen LogP contribution < -0.4 is 10.9 Å². The Morgan fingerprint density at radius 2 is 2.20 bits per heavy atom. The summed E-state index contributed by atoms with van der Waals surface area (Å²) >= 11 is 0. The molecule has 1 fully saturated rings. The van der Waals surface area contributed by atoms with Crippen molar-refractivity contribution < 1.29 is 5.11 Å². The fourth-order valence-electron chi connectivity index (χ4n) is 3.14. The second-order valence-corrected chi connectivity index (χ2v) is 5.97. The monoisotopic (exact) mass is 279 g/mol. The first-order valence-corrected chi connectivity index (χ1v) is 7.46. The Bertz CT molecular complexity index is 512. The van der Waals surface area contributed by atoms with E-state index in [0.717, 1.165) is 37.9 Å². The van der Waals surface area contributed by atoms with E-state index in [1.807, 2.05) is 13.8 Å². The molecular weight excluding hydrogens is 254 g/mol. The maximum atomic E-state index is 12.0. The van der Waals surface area contributed by atoms with Crippen LogP contribution in [0.4, 0.5) is 0 Å². The maximum absolute atomic E-state index is 12.0. The third kappa shape index (κ3) is 3.67. The molecule has 1 aliphatic carbocycles. The molecule has 3 atom stereocenters. The SMILES string of the molecule is Cc1nc(C)c(C(C)NCC2CCCC(O)C2)c(=O)[nH]1. The molecule has 0 aliphatic heterocycles. The molecule has 1 aromatic rings. The van der Waals surface area contributed by atoms with Crippen molar-refractivity contribution >= 4 is 0 Å². The zero-order valence-electron chi connectivity index (χ0n) is 12.6. The molecule has 112 valence electrons. The van der Waals surface area contributed by atoms with Gasteiger partial charge in [0.2, 0.25) is 0 Å². The van der Waals surface area contributed by atoms with Gasteiger partial charge in [0.05, 0.1) is 11.7 Å². The number of aromatic nitrogens is 2. The van der Waals surface area contributed by atoms with Crippen molar-refractivity contribution in [2.75, 3.05) is 6.54 Å². The van der Waals surface area contributed by atoms with Gasteiger partial charge < -0.3 is 15.4 Å². The van der Waals surface area contributed by atoms with Crippen molar-refractivity contribution in [2.45, 2.75) is 58.6 Å². The van der Waals surface area contributed by atoms with Crippen molar-refractivity contribution in [1.29, 1.82) is 0 Å². The van der Waals surface area contributed by atoms with Gasteiger partial charge in [-0.1, -0.05) is 6.42 Å². The van der Waals surface area contributed by atoms with Crippen molar-refractivity contribution in [2.24, 2.45) is 5.92 Å².